The molecule has 1 fully saturated rings. The third-order valence-electron chi connectivity index (χ3n) is 5.46. The van der Waals surface area contributed by atoms with Crippen molar-refractivity contribution in [1.82, 2.24) is 0 Å². The second kappa shape index (κ2) is 4.40. The van der Waals surface area contributed by atoms with Crippen molar-refractivity contribution in [2.75, 3.05) is 6.61 Å². The molecule has 2 nitrogen and oxygen atoms in total. The smallest absolute Gasteiger partial charge is 0.302 e. The summed E-state index contributed by atoms with van der Waals surface area (Å²) >= 11 is 0. The Labute approximate surface area is 111 Å². The van der Waals surface area contributed by atoms with Crippen molar-refractivity contribution in [2.45, 2.75) is 53.9 Å². The van der Waals surface area contributed by atoms with Crippen LogP contribution in [-0.4, -0.2) is 12.6 Å². The van der Waals surface area contributed by atoms with Crippen LogP contribution in [0.25, 0.3) is 0 Å². The van der Waals surface area contributed by atoms with Crippen LogP contribution in [0.1, 0.15) is 53.9 Å². The first-order valence-corrected chi connectivity index (χ1v) is 7.06. The van der Waals surface area contributed by atoms with E-state index < -0.39 is 0 Å². The summed E-state index contributed by atoms with van der Waals surface area (Å²) in [5, 5.41) is 0. The van der Waals surface area contributed by atoms with Gasteiger partial charge in [0.15, 0.2) is 0 Å². The van der Waals surface area contributed by atoms with Gasteiger partial charge in [0, 0.05) is 12.3 Å². The monoisotopic (exact) mass is 250 g/mol. The van der Waals surface area contributed by atoms with Gasteiger partial charge in [-0.15, -0.1) is 0 Å². The second-order valence-corrected chi connectivity index (χ2v) is 7.11. The van der Waals surface area contributed by atoms with E-state index in [1.807, 2.05) is 0 Å². The zero-order valence-electron chi connectivity index (χ0n) is 12.4. The molecular weight excluding hydrogens is 224 g/mol. The van der Waals surface area contributed by atoms with Crippen LogP contribution >= 0.6 is 0 Å². The summed E-state index contributed by atoms with van der Waals surface area (Å²) < 4.78 is 5.18. The Morgan fingerprint density at radius 2 is 2.06 bits per heavy atom. The molecule has 3 unspecified atom stereocenters. The first-order valence-electron chi connectivity index (χ1n) is 7.06. The highest BCUT2D eigenvalue weighted by Crippen LogP contribution is 2.59. The lowest BCUT2D eigenvalue weighted by atomic mass is 9.75. The summed E-state index contributed by atoms with van der Waals surface area (Å²) in [6, 6.07) is 0. The van der Waals surface area contributed by atoms with Gasteiger partial charge < -0.3 is 4.74 Å². The lowest BCUT2D eigenvalue weighted by Gasteiger charge is -2.30. The lowest BCUT2D eigenvalue weighted by Crippen LogP contribution is -2.22. The van der Waals surface area contributed by atoms with Gasteiger partial charge in [0.1, 0.15) is 0 Å². The average molecular weight is 250 g/mol. The number of hydrogen-bond acceptors (Lipinski definition) is 2. The van der Waals surface area contributed by atoms with E-state index in [9.17, 15) is 4.79 Å². The molecule has 0 aliphatic heterocycles. The Morgan fingerprint density at radius 3 is 2.56 bits per heavy atom. The maximum Gasteiger partial charge on any atom is 0.302 e. The van der Waals surface area contributed by atoms with Crippen LogP contribution in [0.4, 0.5) is 0 Å². The van der Waals surface area contributed by atoms with Crippen molar-refractivity contribution in [3.8, 4) is 0 Å². The minimum Gasteiger partial charge on any atom is -0.465 e. The molecule has 2 aliphatic rings. The van der Waals surface area contributed by atoms with E-state index >= 15 is 0 Å². The van der Waals surface area contributed by atoms with Gasteiger partial charge >= 0.3 is 5.97 Å². The molecule has 0 amide bonds. The summed E-state index contributed by atoms with van der Waals surface area (Å²) in [7, 11) is 0. The Morgan fingerprint density at radius 1 is 1.39 bits per heavy atom. The van der Waals surface area contributed by atoms with E-state index in [1.165, 1.54) is 31.8 Å². The van der Waals surface area contributed by atoms with Gasteiger partial charge in [-0.3, -0.25) is 4.79 Å². The van der Waals surface area contributed by atoms with Crippen LogP contribution in [0.2, 0.25) is 0 Å². The molecule has 0 N–H and O–H groups in total. The van der Waals surface area contributed by atoms with E-state index in [0.717, 1.165) is 11.8 Å². The van der Waals surface area contributed by atoms with Gasteiger partial charge in [-0.05, 0) is 43.4 Å². The van der Waals surface area contributed by atoms with Crippen molar-refractivity contribution >= 4 is 5.97 Å². The number of carbonyl (C=O) groups excluding carboxylic acids is 1. The van der Waals surface area contributed by atoms with Gasteiger partial charge in [0.2, 0.25) is 0 Å². The number of ether oxygens (including phenoxy) is 1. The molecular formula is C16H26O2. The van der Waals surface area contributed by atoms with E-state index in [2.05, 4.69) is 33.8 Å². The van der Waals surface area contributed by atoms with Crippen molar-refractivity contribution in [1.29, 1.82) is 0 Å². The van der Waals surface area contributed by atoms with Gasteiger partial charge in [0.05, 0.1) is 6.61 Å². The predicted octanol–water partition coefficient (Wildman–Crippen LogP) is 3.96. The van der Waals surface area contributed by atoms with E-state index in [0.29, 0.717) is 12.0 Å². The molecule has 18 heavy (non-hydrogen) atoms. The van der Waals surface area contributed by atoms with Gasteiger partial charge in [-0.1, -0.05) is 32.4 Å². The summed E-state index contributed by atoms with van der Waals surface area (Å²) in [5.41, 5.74) is 2.14. The molecule has 0 aromatic heterocycles. The summed E-state index contributed by atoms with van der Waals surface area (Å²) in [6.45, 7) is 11.3. The van der Waals surface area contributed by atoms with Crippen molar-refractivity contribution < 1.29 is 9.53 Å². The molecule has 0 radical (unpaired) electrons. The summed E-state index contributed by atoms with van der Waals surface area (Å²) in [4.78, 5) is 10.9. The molecule has 2 aliphatic carbocycles. The van der Waals surface area contributed by atoms with Crippen LogP contribution in [0, 0.1) is 22.7 Å². The molecule has 2 rings (SSSR count). The number of esters is 1. The van der Waals surface area contributed by atoms with E-state index in [-0.39, 0.29) is 11.4 Å². The maximum atomic E-state index is 10.9. The summed E-state index contributed by atoms with van der Waals surface area (Å²) in [6.07, 6.45) is 6.11. The molecule has 0 heterocycles. The highest BCUT2D eigenvalue weighted by molar-refractivity contribution is 5.65. The number of rotatable bonds is 4. The van der Waals surface area contributed by atoms with Gasteiger partial charge in [-0.2, -0.15) is 0 Å². The highest BCUT2D eigenvalue weighted by atomic mass is 16.5. The molecule has 0 bridgehead atoms. The third-order valence-corrected chi connectivity index (χ3v) is 5.46. The predicted molar refractivity (Wildman–Crippen MR) is 73.1 cm³/mol. The minimum atomic E-state index is -0.152. The Kier molecular flexibility index (Phi) is 3.33. The zero-order chi connectivity index (χ0) is 13.6. The van der Waals surface area contributed by atoms with Gasteiger partial charge in [0.25, 0.3) is 0 Å². The fourth-order valence-electron chi connectivity index (χ4n) is 3.25. The van der Waals surface area contributed by atoms with Crippen molar-refractivity contribution in [3.63, 3.8) is 0 Å². The van der Waals surface area contributed by atoms with Crippen LogP contribution in [0.15, 0.2) is 11.6 Å². The maximum absolute atomic E-state index is 10.9. The van der Waals surface area contributed by atoms with Crippen molar-refractivity contribution in [2.24, 2.45) is 22.7 Å². The highest BCUT2D eigenvalue weighted by Gasteiger charge is 2.52. The molecule has 0 spiro atoms. The van der Waals surface area contributed by atoms with Crippen LogP contribution in [-0.2, 0) is 9.53 Å². The minimum absolute atomic E-state index is 0.152. The molecule has 3 atom stereocenters. The van der Waals surface area contributed by atoms with Crippen LogP contribution in [0.5, 0.6) is 0 Å². The molecule has 0 aromatic carbocycles. The fourth-order valence-corrected chi connectivity index (χ4v) is 3.25. The third kappa shape index (κ3) is 2.48. The van der Waals surface area contributed by atoms with E-state index in [4.69, 9.17) is 4.74 Å². The number of carbonyl (C=O) groups is 1. The van der Waals surface area contributed by atoms with Crippen LogP contribution < -0.4 is 0 Å². The molecule has 102 valence electrons. The quantitative estimate of drug-likeness (QED) is 0.557. The molecule has 0 aromatic rings. The SMILES string of the molecule is CC(=O)OCC1(C)CC1CC1CC=C(C)C1(C)C. The number of allylic oxidation sites excluding steroid dienone is 2. The molecule has 2 heteroatoms. The second-order valence-electron chi connectivity index (χ2n) is 7.11. The number of hydrogen-bond donors (Lipinski definition) is 0. The molecule has 0 saturated heterocycles. The average Bonchev–Trinajstić information content (AvgIpc) is 2.84. The van der Waals surface area contributed by atoms with Gasteiger partial charge in [-0.25, -0.2) is 0 Å². The fraction of sp³-hybridized carbons (Fsp3) is 0.812. The largest absolute Gasteiger partial charge is 0.465 e. The normalized spacial score (nSPS) is 37.3. The van der Waals surface area contributed by atoms with Crippen LogP contribution in [0.3, 0.4) is 0 Å². The van der Waals surface area contributed by atoms with E-state index in [1.54, 1.807) is 0 Å². The van der Waals surface area contributed by atoms with Crippen molar-refractivity contribution in [3.05, 3.63) is 11.6 Å². The first kappa shape index (κ1) is 13.6. The Bertz CT molecular complexity index is 381. The lowest BCUT2D eigenvalue weighted by molar-refractivity contribution is -0.142. The Balaban J connectivity index is 1.85. The summed E-state index contributed by atoms with van der Waals surface area (Å²) in [5.74, 6) is 1.35. The zero-order valence-corrected chi connectivity index (χ0v) is 12.4. The Hall–Kier alpha value is -0.790. The molecule has 1 saturated carbocycles. The topological polar surface area (TPSA) is 26.3 Å². The standard InChI is InChI=1S/C16H26O2/c1-11-6-7-13(15(11,3)4)8-14-9-16(14,5)10-18-12(2)17/h6,13-14H,7-10H2,1-5H3. The first-order chi connectivity index (χ1) is 8.25.